The number of ether oxygens (including phenoxy) is 1. The van der Waals surface area contributed by atoms with Gasteiger partial charge in [0.1, 0.15) is 18.0 Å². The maximum Gasteiger partial charge on any atom is 0.410 e. The van der Waals surface area contributed by atoms with Gasteiger partial charge in [0.2, 0.25) is 5.82 Å². The number of carbonyl (C=O) groups excluding carboxylic acids is 1. The molecule has 2 heterocycles. The number of carbonyl (C=O) groups is 1. The zero-order valence-corrected chi connectivity index (χ0v) is 20.1. The molecule has 0 bridgehead atoms. The number of likely N-dealkylation sites (tertiary alicyclic amines) is 1. The number of anilines is 2. The lowest BCUT2D eigenvalue weighted by molar-refractivity contribution is -0.385. The van der Waals surface area contributed by atoms with E-state index in [2.05, 4.69) is 15.3 Å². The third-order valence-electron chi connectivity index (χ3n) is 5.18. The van der Waals surface area contributed by atoms with Gasteiger partial charge in [-0.05, 0) is 51.5 Å². The first kappa shape index (κ1) is 25.3. The summed E-state index contributed by atoms with van der Waals surface area (Å²) in [6.45, 7) is 5.75. The molecule has 1 aromatic heterocycles. The Kier molecular flexibility index (Phi) is 7.07. The van der Waals surface area contributed by atoms with Crippen molar-refractivity contribution in [1.82, 2.24) is 14.9 Å². The van der Waals surface area contributed by atoms with Crippen molar-refractivity contribution in [3.8, 4) is 0 Å². The van der Waals surface area contributed by atoms with Gasteiger partial charge in [-0.2, -0.15) is 0 Å². The van der Waals surface area contributed by atoms with Crippen LogP contribution in [0.2, 0.25) is 0 Å². The zero-order chi connectivity index (χ0) is 25.3. The van der Waals surface area contributed by atoms with E-state index in [1.807, 2.05) is 0 Å². The van der Waals surface area contributed by atoms with Crippen LogP contribution in [0.4, 0.5) is 22.0 Å². The Morgan fingerprint density at radius 3 is 2.50 bits per heavy atom. The highest BCUT2D eigenvalue weighted by Gasteiger charge is 2.38. The van der Waals surface area contributed by atoms with E-state index in [-0.39, 0.29) is 23.0 Å². The normalized spacial score (nSPS) is 17.3. The van der Waals surface area contributed by atoms with Gasteiger partial charge in [-0.25, -0.2) is 23.2 Å². The summed E-state index contributed by atoms with van der Waals surface area (Å²) in [6, 6.07) is 5.64. The number of nitro groups is 1. The molecule has 0 aliphatic carbocycles. The van der Waals surface area contributed by atoms with Crippen LogP contribution in [0.15, 0.2) is 35.5 Å². The first-order chi connectivity index (χ1) is 15.8. The van der Waals surface area contributed by atoms with E-state index in [1.165, 1.54) is 29.2 Å². The van der Waals surface area contributed by atoms with Crippen LogP contribution in [0.25, 0.3) is 0 Å². The maximum absolute atomic E-state index is 12.3. The van der Waals surface area contributed by atoms with Gasteiger partial charge < -0.3 is 20.1 Å². The topological polar surface area (TPSA) is 165 Å². The molecular weight excluding hydrogens is 466 g/mol. The molecule has 0 saturated carbocycles. The highest BCUT2D eigenvalue weighted by molar-refractivity contribution is 7.90. The molecule has 2 aromatic rings. The molecular formula is C21H27N5O7S. The van der Waals surface area contributed by atoms with Gasteiger partial charge in [0.15, 0.2) is 15.5 Å². The average Bonchev–Trinajstić information content (AvgIpc) is 3.22. The Labute approximate surface area is 197 Å². The van der Waals surface area contributed by atoms with Crippen LogP contribution in [0, 0.1) is 16.0 Å². The van der Waals surface area contributed by atoms with E-state index in [0.29, 0.717) is 18.7 Å². The molecule has 2 N–H and O–H groups in total. The summed E-state index contributed by atoms with van der Waals surface area (Å²) in [7, 11) is -3.39. The molecule has 0 radical (unpaired) electrons. The summed E-state index contributed by atoms with van der Waals surface area (Å²) in [5.41, 5.74) is -0.977. The smallest absolute Gasteiger partial charge is 0.410 e. The van der Waals surface area contributed by atoms with Crippen LogP contribution in [0.1, 0.15) is 39.0 Å². The first-order valence-corrected chi connectivity index (χ1v) is 12.4. The lowest BCUT2D eigenvalue weighted by atomic mass is 9.98. The molecule has 184 valence electrons. The van der Waals surface area contributed by atoms with E-state index in [1.54, 1.807) is 20.8 Å². The Balaban J connectivity index is 1.82. The van der Waals surface area contributed by atoms with Crippen molar-refractivity contribution >= 4 is 33.1 Å². The number of aliphatic hydroxyl groups excluding tert-OH is 1. The number of nitrogens with one attached hydrogen (secondary N) is 1. The summed E-state index contributed by atoms with van der Waals surface area (Å²) in [4.78, 5) is 33.0. The van der Waals surface area contributed by atoms with E-state index >= 15 is 0 Å². The van der Waals surface area contributed by atoms with Crippen molar-refractivity contribution in [1.29, 1.82) is 0 Å². The second kappa shape index (κ2) is 9.50. The number of benzene rings is 1. The minimum atomic E-state index is -3.39. The number of sulfone groups is 1. The molecule has 0 spiro atoms. The highest BCUT2D eigenvalue weighted by atomic mass is 32.2. The van der Waals surface area contributed by atoms with Crippen LogP contribution in [-0.4, -0.2) is 64.4 Å². The Hall–Kier alpha value is -3.32. The maximum atomic E-state index is 12.3. The SMILES string of the molecule is CC(C)(C)OC(=O)N1CCC(C(O)c2ncnc(Nc3ccc(S(C)(=O)=O)cc3)c2[N+](=O)[O-])C1. The monoisotopic (exact) mass is 493 g/mol. The predicted octanol–water partition coefficient (Wildman–Crippen LogP) is 2.82. The van der Waals surface area contributed by atoms with E-state index in [0.717, 1.165) is 12.6 Å². The Bertz CT molecular complexity index is 1180. The third-order valence-corrected chi connectivity index (χ3v) is 6.31. The van der Waals surface area contributed by atoms with Crippen molar-refractivity contribution in [2.45, 2.75) is 43.8 Å². The third kappa shape index (κ3) is 5.97. The van der Waals surface area contributed by atoms with Crippen molar-refractivity contribution in [2.24, 2.45) is 5.92 Å². The molecule has 1 fully saturated rings. The molecule has 1 aliphatic heterocycles. The van der Waals surface area contributed by atoms with Crippen LogP contribution in [0.5, 0.6) is 0 Å². The molecule has 1 saturated heterocycles. The predicted molar refractivity (Wildman–Crippen MR) is 122 cm³/mol. The van der Waals surface area contributed by atoms with Gasteiger partial charge in [0.25, 0.3) is 0 Å². The van der Waals surface area contributed by atoms with Crippen molar-refractivity contribution in [2.75, 3.05) is 24.7 Å². The summed E-state index contributed by atoms with van der Waals surface area (Å²) in [5, 5.41) is 25.6. The first-order valence-electron chi connectivity index (χ1n) is 10.5. The van der Waals surface area contributed by atoms with Crippen molar-refractivity contribution in [3.05, 3.63) is 46.4 Å². The van der Waals surface area contributed by atoms with Crippen LogP contribution in [-0.2, 0) is 14.6 Å². The van der Waals surface area contributed by atoms with Crippen LogP contribution >= 0.6 is 0 Å². The molecule has 1 aromatic carbocycles. The molecule has 2 atom stereocenters. The number of amides is 1. The van der Waals surface area contributed by atoms with Gasteiger partial charge in [0, 0.05) is 31.0 Å². The fourth-order valence-corrected chi connectivity index (χ4v) is 4.19. The second-order valence-electron chi connectivity index (χ2n) is 9.05. The standard InChI is InChI=1S/C21H27N5O7S/c1-21(2,3)33-20(28)25-10-9-13(11-25)18(27)16-17(26(29)30)19(23-12-22-16)24-14-5-7-15(8-6-14)34(4,31)32/h5-8,12-13,18,27H,9-11H2,1-4H3,(H,22,23,24). The Morgan fingerprint density at radius 1 is 1.29 bits per heavy atom. The summed E-state index contributed by atoms with van der Waals surface area (Å²) in [5.74, 6) is -0.633. The molecule has 2 unspecified atom stereocenters. The van der Waals surface area contributed by atoms with Crippen LogP contribution in [0.3, 0.4) is 0 Å². The molecule has 1 amide bonds. The molecule has 3 rings (SSSR count). The second-order valence-corrected chi connectivity index (χ2v) is 11.1. The summed E-state index contributed by atoms with van der Waals surface area (Å²) in [6.07, 6.45) is 0.755. The van der Waals surface area contributed by atoms with Crippen LogP contribution < -0.4 is 5.32 Å². The number of aromatic nitrogens is 2. The largest absolute Gasteiger partial charge is 0.444 e. The summed E-state index contributed by atoms with van der Waals surface area (Å²) < 4.78 is 28.6. The van der Waals surface area contributed by atoms with Gasteiger partial charge in [0.05, 0.1) is 9.82 Å². The quantitative estimate of drug-likeness (QED) is 0.451. The minimum absolute atomic E-state index is 0.0992. The number of aliphatic hydroxyl groups is 1. The van der Waals surface area contributed by atoms with Gasteiger partial charge in [-0.1, -0.05) is 0 Å². The number of nitrogens with zero attached hydrogens (tertiary/aromatic N) is 4. The van der Waals surface area contributed by atoms with Gasteiger partial charge in [-0.3, -0.25) is 10.1 Å². The molecule has 34 heavy (non-hydrogen) atoms. The number of hydrogen-bond acceptors (Lipinski definition) is 10. The number of rotatable bonds is 6. The van der Waals surface area contributed by atoms with Crippen molar-refractivity contribution in [3.63, 3.8) is 0 Å². The molecule has 1 aliphatic rings. The van der Waals surface area contributed by atoms with E-state index in [9.17, 15) is 28.4 Å². The fourth-order valence-electron chi connectivity index (χ4n) is 3.56. The van der Waals surface area contributed by atoms with E-state index in [4.69, 9.17) is 4.74 Å². The van der Waals surface area contributed by atoms with Gasteiger partial charge in [-0.15, -0.1) is 0 Å². The minimum Gasteiger partial charge on any atom is -0.444 e. The van der Waals surface area contributed by atoms with Crippen molar-refractivity contribution < 1.29 is 28.0 Å². The lowest BCUT2D eigenvalue weighted by Crippen LogP contribution is -2.35. The van der Waals surface area contributed by atoms with E-state index < -0.39 is 44.2 Å². The average molecular weight is 494 g/mol. The Morgan fingerprint density at radius 2 is 1.94 bits per heavy atom. The zero-order valence-electron chi connectivity index (χ0n) is 19.3. The lowest BCUT2D eigenvalue weighted by Gasteiger charge is -2.25. The molecule has 13 heteroatoms. The number of hydrogen-bond donors (Lipinski definition) is 2. The van der Waals surface area contributed by atoms with Gasteiger partial charge >= 0.3 is 11.8 Å². The highest BCUT2D eigenvalue weighted by Crippen LogP contribution is 2.37. The summed E-state index contributed by atoms with van der Waals surface area (Å²) >= 11 is 0. The fraction of sp³-hybridized carbons (Fsp3) is 0.476. The molecule has 12 nitrogen and oxygen atoms in total.